The monoisotopic (exact) mass is 253 g/mol. The molecule has 0 saturated heterocycles. The molecular formula is C12H19N3OS. The predicted molar refractivity (Wildman–Crippen MR) is 75.8 cm³/mol. The van der Waals surface area contributed by atoms with E-state index in [-0.39, 0.29) is 0 Å². The molecule has 1 heterocycles. The van der Waals surface area contributed by atoms with Crippen LogP contribution in [0.2, 0.25) is 0 Å². The van der Waals surface area contributed by atoms with Crippen molar-refractivity contribution in [3.8, 4) is 5.88 Å². The van der Waals surface area contributed by atoms with E-state index in [0.29, 0.717) is 18.2 Å². The second kappa shape index (κ2) is 7.84. The third-order valence-electron chi connectivity index (χ3n) is 1.96. The summed E-state index contributed by atoms with van der Waals surface area (Å²) in [6.07, 6.45) is 1.90. The van der Waals surface area contributed by atoms with Crippen molar-refractivity contribution in [2.24, 2.45) is 0 Å². The summed E-state index contributed by atoms with van der Waals surface area (Å²) in [6.45, 7) is 7.01. The van der Waals surface area contributed by atoms with Crippen molar-refractivity contribution in [2.45, 2.75) is 6.92 Å². The molecule has 0 aliphatic rings. The lowest BCUT2D eigenvalue weighted by molar-refractivity contribution is 0.329. The number of rotatable bonds is 8. The Labute approximate surface area is 107 Å². The van der Waals surface area contributed by atoms with Gasteiger partial charge in [-0.3, -0.25) is 0 Å². The van der Waals surface area contributed by atoms with Crippen LogP contribution in [0.25, 0.3) is 0 Å². The maximum atomic E-state index is 5.74. The average Bonchev–Trinajstić information content (AvgIpc) is 2.33. The van der Waals surface area contributed by atoms with Crippen LogP contribution in [-0.2, 0) is 0 Å². The molecule has 1 aromatic rings. The molecule has 0 atom stereocenters. The number of anilines is 2. The number of pyridine rings is 1. The Bertz CT molecular complexity index is 358. The average molecular weight is 253 g/mol. The Hall–Kier alpha value is -1.36. The molecule has 4 nitrogen and oxygen atoms in total. The number of nitrogens with one attached hydrogen (secondary N) is 1. The molecule has 0 saturated carbocycles. The largest absolute Gasteiger partial charge is 0.476 e. The van der Waals surface area contributed by atoms with Crippen LogP contribution in [0.3, 0.4) is 0 Å². The molecule has 0 spiro atoms. The maximum Gasteiger partial charge on any atom is 0.239 e. The lowest BCUT2D eigenvalue weighted by Gasteiger charge is -2.09. The molecule has 0 bridgehead atoms. The highest BCUT2D eigenvalue weighted by Gasteiger charge is 2.02. The van der Waals surface area contributed by atoms with Gasteiger partial charge in [-0.2, -0.15) is 16.7 Å². The first-order valence-corrected chi connectivity index (χ1v) is 6.75. The number of nitrogen functional groups attached to an aromatic ring is 1. The van der Waals surface area contributed by atoms with Gasteiger partial charge in [-0.15, -0.1) is 6.58 Å². The number of hydrogen-bond donors (Lipinski definition) is 2. The predicted octanol–water partition coefficient (Wildman–Crippen LogP) is 2.39. The number of nitrogens with zero attached hydrogens (tertiary/aromatic N) is 1. The standard InChI is InChI=1S/C12H19N3OS/c1-3-8-17-9-7-14-11-6-5-10(13)12(15-11)16-4-2/h3,5-6H,1,4,7-9,13H2,2H3,(H,14,15). The molecule has 0 fully saturated rings. The fourth-order valence-electron chi connectivity index (χ4n) is 1.22. The minimum absolute atomic E-state index is 0.497. The second-order valence-corrected chi connectivity index (χ2v) is 4.46. The molecule has 0 aromatic carbocycles. The second-order valence-electron chi connectivity index (χ2n) is 3.31. The van der Waals surface area contributed by atoms with E-state index in [1.807, 2.05) is 30.8 Å². The molecule has 17 heavy (non-hydrogen) atoms. The minimum Gasteiger partial charge on any atom is -0.476 e. The summed E-state index contributed by atoms with van der Waals surface area (Å²) in [5.41, 5.74) is 6.31. The zero-order chi connectivity index (χ0) is 12.5. The molecule has 0 aliphatic carbocycles. The fourth-order valence-corrected chi connectivity index (χ4v) is 1.80. The Morgan fingerprint density at radius 3 is 3.12 bits per heavy atom. The number of nitrogens with two attached hydrogens (primary N) is 1. The van der Waals surface area contributed by atoms with E-state index in [1.165, 1.54) is 0 Å². The summed E-state index contributed by atoms with van der Waals surface area (Å²) >= 11 is 1.83. The van der Waals surface area contributed by atoms with E-state index in [2.05, 4.69) is 16.9 Å². The Kier molecular flexibility index (Phi) is 6.32. The van der Waals surface area contributed by atoms with E-state index >= 15 is 0 Å². The van der Waals surface area contributed by atoms with Crippen molar-refractivity contribution in [1.82, 2.24) is 4.98 Å². The third kappa shape index (κ3) is 4.99. The molecular weight excluding hydrogens is 234 g/mol. The van der Waals surface area contributed by atoms with Gasteiger partial charge in [0.2, 0.25) is 5.88 Å². The van der Waals surface area contributed by atoms with Crippen molar-refractivity contribution in [1.29, 1.82) is 0 Å². The van der Waals surface area contributed by atoms with Crippen LogP contribution >= 0.6 is 11.8 Å². The van der Waals surface area contributed by atoms with Crippen molar-refractivity contribution in [3.05, 3.63) is 24.8 Å². The van der Waals surface area contributed by atoms with Crippen molar-refractivity contribution >= 4 is 23.3 Å². The van der Waals surface area contributed by atoms with E-state index in [4.69, 9.17) is 10.5 Å². The highest BCUT2D eigenvalue weighted by atomic mass is 32.2. The molecule has 94 valence electrons. The highest BCUT2D eigenvalue weighted by molar-refractivity contribution is 7.99. The zero-order valence-electron chi connectivity index (χ0n) is 10.1. The number of ether oxygens (including phenoxy) is 1. The molecule has 0 radical (unpaired) electrons. The van der Waals surface area contributed by atoms with Crippen molar-refractivity contribution in [2.75, 3.05) is 35.7 Å². The van der Waals surface area contributed by atoms with Crippen LogP contribution < -0.4 is 15.8 Å². The quantitative estimate of drug-likeness (QED) is 0.550. The summed E-state index contributed by atoms with van der Waals surface area (Å²) in [7, 11) is 0. The zero-order valence-corrected chi connectivity index (χ0v) is 10.9. The first-order valence-electron chi connectivity index (χ1n) is 5.59. The van der Waals surface area contributed by atoms with Crippen molar-refractivity contribution in [3.63, 3.8) is 0 Å². The van der Waals surface area contributed by atoms with Crippen LogP contribution in [0, 0.1) is 0 Å². The van der Waals surface area contributed by atoms with Crippen LogP contribution in [0.15, 0.2) is 24.8 Å². The van der Waals surface area contributed by atoms with Gasteiger partial charge in [0.15, 0.2) is 0 Å². The van der Waals surface area contributed by atoms with Crippen LogP contribution in [0.4, 0.5) is 11.5 Å². The lowest BCUT2D eigenvalue weighted by Crippen LogP contribution is -2.07. The van der Waals surface area contributed by atoms with Crippen molar-refractivity contribution < 1.29 is 4.74 Å². The van der Waals surface area contributed by atoms with Gasteiger partial charge in [0, 0.05) is 18.1 Å². The number of aromatic nitrogens is 1. The molecule has 1 aromatic heterocycles. The van der Waals surface area contributed by atoms with E-state index in [0.717, 1.165) is 23.9 Å². The van der Waals surface area contributed by atoms with Gasteiger partial charge in [-0.1, -0.05) is 6.08 Å². The summed E-state index contributed by atoms with van der Waals surface area (Å²) in [5.74, 6) is 3.28. The smallest absolute Gasteiger partial charge is 0.239 e. The Morgan fingerprint density at radius 2 is 2.41 bits per heavy atom. The van der Waals surface area contributed by atoms with Crippen LogP contribution in [-0.4, -0.2) is 29.6 Å². The topological polar surface area (TPSA) is 60.2 Å². The van der Waals surface area contributed by atoms with Gasteiger partial charge in [-0.25, -0.2) is 0 Å². The Morgan fingerprint density at radius 1 is 1.59 bits per heavy atom. The van der Waals surface area contributed by atoms with E-state index in [9.17, 15) is 0 Å². The van der Waals surface area contributed by atoms with E-state index in [1.54, 1.807) is 6.07 Å². The first kappa shape index (κ1) is 13.7. The van der Waals surface area contributed by atoms with Crippen LogP contribution in [0.5, 0.6) is 5.88 Å². The molecule has 5 heteroatoms. The van der Waals surface area contributed by atoms with Gasteiger partial charge in [0.25, 0.3) is 0 Å². The molecule has 0 amide bonds. The van der Waals surface area contributed by atoms with Gasteiger partial charge in [-0.05, 0) is 19.1 Å². The Balaban J connectivity index is 2.42. The molecule has 1 rings (SSSR count). The maximum absolute atomic E-state index is 5.74. The molecule has 0 aliphatic heterocycles. The SMILES string of the molecule is C=CCSCCNc1ccc(N)c(OCC)n1. The molecule has 0 unspecified atom stereocenters. The summed E-state index contributed by atoms with van der Waals surface area (Å²) in [6, 6.07) is 3.66. The van der Waals surface area contributed by atoms with Crippen LogP contribution in [0.1, 0.15) is 6.92 Å². The summed E-state index contributed by atoms with van der Waals surface area (Å²) < 4.78 is 5.33. The first-order chi connectivity index (χ1) is 8.27. The number of hydrogen-bond acceptors (Lipinski definition) is 5. The van der Waals surface area contributed by atoms with Gasteiger partial charge < -0.3 is 15.8 Å². The molecule has 3 N–H and O–H groups in total. The van der Waals surface area contributed by atoms with Gasteiger partial charge in [0.05, 0.1) is 12.3 Å². The van der Waals surface area contributed by atoms with Gasteiger partial charge in [0.1, 0.15) is 5.82 Å². The van der Waals surface area contributed by atoms with E-state index < -0.39 is 0 Å². The number of thioether (sulfide) groups is 1. The highest BCUT2D eigenvalue weighted by Crippen LogP contribution is 2.20. The normalized spacial score (nSPS) is 9.94. The summed E-state index contributed by atoms with van der Waals surface area (Å²) in [5, 5.41) is 3.23. The summed E-state index contributed by atoms with van der Waals surface area (Å²) in [4.78, 5) is 4.29. The van der Waals surface area contributed by atoms with Gasteiger partial charge >= 0.3 is 0 Å². The third-order valence-corrected chi connectivity index (χ3v) is 2.92. The lowest BCUT2D eigenvalue weighted by atomic mass is 10.4. The fraction of sp³-hybridized carbons (Fsp3) is 0.417. The minimum atomic E-state index is 0.497.